The van der Waals surface area contributed by atoms with E-state index in [1.807, 2.05) is 18.2 Å². The number of halogens is 1. The number of hydrogen-bond donors (Lipinski definition) is 2. The second-order valence-electron chi connectivity index (χ2n) is 5.50. The molecular formula is C15H19ClN2O2. The van der Waals surface area contributed by atoms with Crippen LogP contribution >= 0.6 is 11.6 Å². The van der Waals surface area contributed by atoms with Crippen LogP contribution in [0, 0.1) is 5.92 Å². The van der Waals surface area contributed by atoms with Crippen molar-refractivity contribution in [3.63, 3.8) is 0 Å². The zero-order valence-corrected chi connectivity index (χ0v) is 12.1. The minimum absolute atomic E-state index is 0.0734. The van der Waals surface area contributed by atoms with Gasteiger partial charge in [0, 0.05) is 17.6 Å². The van der Waals surface area contributed by atoms with Crippen LogP contribution in [0.1, 0.15) is 18.4 Å². The van der Waals surface area contributed by atoms with Crippen molar-refractivity contribution in [3.05, 3.63) is 28.8 Å². The molecule has 2 aliphatic heterocycles. The number of carbonyl (C=O) groups is 1. The molecule has 1 aromatic rings. The van der Waals surface area contributed by atoms with E-state index in [0.29, 0.717) is 30.6 Å². The average Bonchev–Trinajstić information content (AvgIpc) is 2.97. The van der Waals surface area contributed by atoms with Gasteiger partial charge in [0.15, 0.2) is 0 Å². The highest BCUT2D eigenvalue weighted by Gasteiger charge is 2.26. The summed E-state index contributed by atoms with van der Waals surface area (Å²) in [5, 5.41) is 7.08. The number of hydrogen-bond acceptors (Lipinski definition) is 3. The van der Waals surface area contributed by atoms with Crippen molar-refractivity contribution < 1.29 is 9.53 Å². The Morgan fingerprint density at radius 2 is 2.40 bits per heavy atom. The fraction of sp³-hybridized carbons (Fsp3) is 0.533. The summed E-state index contributed by atoms with van der Waals surface area (Å²) in [6.07, 6.45) is 3.03. The molecule has 1 fully saturated rings. The number of benzene rings is 1. The molecule has 2 N–H and O–H groups in total. The molecule has 2 heterocycles. The molecule has 1 aromatic carbocycles. The summed E-state index contributed by atoms with van der Waals surface area (Å²) < 4.78 is 5.65. The number of amides is 1. The van der Waals surface area contributed by atoms with Gasteiger partial charge in [-0.05, 0) is 49.6 Å². The minimum Gasteiger partial charge on any atom is -0.492 e. The summed E-state index contributed by atoms with van der Waals surface area (Å²) in [6, 6.07) is 5.99. The first-order chi connectivity index (χ1) is 9.72. The molecule has 3 rings (SSSR count). The molecule has 0 aromatic heterocycles. The van der Waals surface area contributed by atoms with Crippen molar-refractivity contribution in [2.75, 3.05) is 19.7 Å². The first-order valence-corrected chi connectivity index (χ1v) is 7.52. The predicted molar refractivity (Wildman–Crippen MR) is 78.2 cm³/mol. The SMILES string of the molecule is O=C(NCC1CCCN1)C1COc2ccc(Cl)cc2C1. The van der Waals surface area contributed by atoms with Crippen LogP contribution in [-0.2, 0) is 11.2 Å². The van der Waals surface area contributed by atoms with E-state index in [-0.39, 0.29) is 11.8 Å². The van der Waals surface area contributed by atoms with Gasteiger partial charge in [-0.3, -0.25) is 4.79 Å². The highest BCUT2D eigenvalue weighted by atomic mass is 35.5. The first kappa shape index (κ1) is 13.7. The number of nitrogens with one attached hydrogen (secondary N) is 2. The quantitative estimate of drug-likeness (QED) is 0.893. The average molecular weight is 295 g/mol. The van der Waals surface area contributed by atoms with Crippen molar-refractivity contribution in [2.45, 2.75) is 25.3 Å². The Morgan fingerprint density at radius 1 is 1.50 bits per heavy atom. The Hall–Kier alpha value is -1.26. The first-order valence-electron chi connectivity index (χ1n) is 7.14. The fourth-order valence-electron chi connectivity index (χ4n) is 2.83. The van der Waals surface area contributed by atoms with Gasteiger partial charge in [-0.25, -0.2) is 0 Å². The molecule has 1 saturated heterocycles. The van der Waals surface area contributed by atoms with E-state index >= 15 is 0 Å². The molecular weight excluding hydrogens is 276 g/mol. The van der Waals surface area contributed by atoms with E-state index in [9.17, 15) is 4.79 Å². The normalized spacial score (nSPS) is 24.9. The van der Waals surface area contributed by atoms with E-state index in [1.54, 1.807) is 0 Å². The molecule has 108 valence electrons. The Bertz CT molecular complexity index is 501. The lowest BCUT2D eigenvalue weighted by Gasteiger charge is -2.25. The summed E-state index contributed by atoms with van der Waals surface area (Å²) in [5.41, 5.74) is 1.02. The summed E-state index contributed by atoms with van der Waals surface area (Å²) in [4.78, 5) is 12.2. The van der Waals surface area contributed by atoms with Crippen LogP contribution in [0.15, 0.2) is 18.2 Å². The van der Waals surface area contributed by atoms with Gasteiger partial charge in [-0.1, -0.05) is 11.6 Å². The van der Waals surface area contributed by atoms with Crippen LogP contribution in [0.2, 0.25) is 5.02 Å². The smallest absolute Gasteiger partial charge is 0.226 e. The summed E-state index contributed by atoms with van der Waals surface area (Å²) in [7, 11) is 0. The van der Waals surface area contributed by atoms with Crippen molar-refractivity contribution in [1.82, 2.24) is 10.6 Å². The van der Waals surface area contributed by atoms with Crippen molar-refractivity contribution >= 4 is 17.5 Å². The Labute approximate surface area is 123 Å². The number of fused-ring (bicyclic) bond motifs is 1. The van der Waals surface area contributed by atoms with E-state index in [4.69, 9.17) is 16.3 Å². The summed E-state index contributed by atoms with van der Waals surface area (Å²) in [5.74, 6) is 0.794. The molecule has 5 heteroatoms. The third kappa shape index (κ3) is 3.07. The van der Waals surface area contributed by atoms with Gasteiger partial charge in [0.25, 0.3) is 0 Å². The molecule has 2 unspecified atom stereocenters. The molecule has 0 bridgehead atoms. The molecule has 2 atom stereocenters. The van der Waals surface area contributed by atoms with Gasteiger partial charge in [-0.15, -0.1) is 0 Å². The van der Waals surface area contributed by atoms with Crippen LogP contribution in [0.25, 0.3) is 0 Å². The van der Waals surface area contributed by atoms with Crippen LogP contribution in [0.4, 0.5) is 0 Å². The Kier molecular flexibility index (Phi) is 4.13. The van der Waals surface area contributed by atoms with Crippen LogP contribution in [-0.4, -0.2) is 31.6 Å². The van der Waals surface area contributed by atoms with Gasteiger partial charge in [-0.2, -0.15) is 0 Å². The van der Waals surface area contributed by atoms with E-state index in [2.05, 4.69) is 10.6 Å². The van der Waals surface area contributed by atoms with Crippen LogP contribution in [0.3, 0.4) is 0 Å². The van der Waals surface area contributed by atoms with Gasteiger partial charge < -0.3 is 15.4 Å². The van der Waals surface area contributed by atoms with Gasteiger partial charge >= 0.3 is 0 Å². The number of carbonyl (C=O) groups excluding carboxylic acids is 1. The molecule has 0 saturated carbocycles. The second-order valence-corrected chi connectivity index (χ2v) is 5.94. The van der Waals surface area contributed by atoms with Crippen molar-refractivity contribution in [3.8, 4) is 5.75 Å². The van der Waals surface area contributed by atoms with Crippen LogP contribution < -0.4 is 15.4 Å². The second kappa shape index (κ2) is 6.02. The topological polar surface area (TPSA) is 50.4 Å². The van der Waals surface area contributed by atoms with E-state index < -0.39 is 0 Å². The van der Waals surface area contributed by atoms with E-state index in [0.717, 1.165) is 24.3 Å². The lowest BCUT2D eigenvalue weighted by atomic mass is 9.96. The molecule has 0 spiro atoms. The number of ether oxygens (including phenoxy) is 1. The lowest BCUT2D eigenvalue weighted by molar-refractivity contribution is -0.126. The standard InChI is InChI=1S/C15H19ClN2O2/c16-12-3-4-14-10(7-12)6-11(9-20-14)15(19)18-8-13-2-1-5-17-13/h3-4,7,11,13,17H,1-2,5-6,8-9H2,(H,18,19). The maximum atomic E-state index is 12.2. The molecule has 4 nitrogen and oxygen atoms in total. The molecule has 0 aliphatic carbocycles. The lowest BCUT2D eigenvalue weighted by Crippen LogP contribution is -2.42. The molecule has 2 aliphatic rings. The fourth-order valence-corrected chi connectivity index (χ4v) is 3.03. The van der Waals surface area contributed by atoms with Gasteiger partial charge in [0.05, 0.1) is 5.92 Å². The Balaban J connectivity index is 1.57. The summed E-state index contributed by atoms with van der Waals surface area (Å²) in [6.45, 7) is 2.20. The van der Waals surface area contributed by atoms with Gasteiger partial charge in [0.1, 0.15) is 12.4 Å². The molecule has 1 amide bonds. The Morgan fingerprint density at radius 3 is 3.20 bits per heavy atom. The van der Waals surface area contributed by atoms with E-state index in [1.165, 1.54) is 6.42 Å². The van der Waals surface area contributed by atoms with Gasteiger partial charge in [0.2, 0.25) is 5.91 Å². The highest BCUT2D eigenvalue weighted by Crippen LogP contribution is 2.29. The third-order valence-electron chi connectivity index (χ3n) is 3.98. The monoisotopic (exact) mass is 294 g/mol. The zero-order chi connectivity index (χ0) is 13.9. The van der Waals surface area contributed by atoms with Crippen LogP contribution in [0.5, 0.6) is 5.75 Å². The minimum atomic E-state index is -0.123. The molecule has 0 radical (unpaired) electrons. The third-order valence-corrected chi connectivity index (χ3v) is 4.22. The van der Waals surface area contributed by atoms with Crippen molar-refractivity contribution in [1.29, 1.82) is 0 Å². The summed E-state index contributed by atoms with van der Waals surface area (Å²) >= 11 is 5.99. The predicted octanol–water partition coefficient (Wildman–Crippen LogP) is 1.76. The largest absolute Gasteiger partial charge is 0.492 e. The maximum absolute atomic E-state index is 12.2. The highest BCUT2D eigenvalue weighted by molar-refractivity contribution is 6.30. The van der Waals surface area contributed by atoms with Crippen molar-refractivity contribution in [2.24, 2.45) is 5.92 Å². The number of rotatable bonds is 3. The zero-order valence-electron chi connectivity index (χ0n) is 11.3. The molecule has 20 heavy (non-hydrogen) atoms. The maximum Gasteiger partial charge on any atom is 0.226 e.